The van der Waals surface area contributed by atoms with Crippen LogP contribution in [-0.2, 0) is 0 Å². The molecule has 0 aliphatic carbocycles. The van der Waals surface area contributed by atoms with Crippen LogP contribution in [0.2, 0.25) is 5.02 Å². The van der Waals surface area contributed by atoms with E-state index >= 15 is 0 Å². The third kappa shape index (κ3) is 2.76. The number of nitrogens with zero attached hydrogens (tertiary/aromatic N) is 2. The van der Waals surface area contributed by atoms with Gasteiger partial charge in [0.25, 0.3) is 11.6 Å². The second kappa shape index (κ2) is 5.38. The SMILES string of the molecule is CC1(C)CNCCN1C(=O)c1cc([N+](=O)[O-])ccc1Cl. The molecule has 2 rings (SSSR count). The number of nitrogens with one attached hydrogen (secondary N) is 1. The lowest BCUT2D eigenvalue weighted by molar-refractivity contribution is -0.384. The fraction of sp³-hybridized carbons (Fsp3) is 0.462. The number of hydrogen-bond donors (Lipinski definition) is 1. The largest absolute Gasteiger partial charge is 0.331 e. The third-order valence-corrected chi connectivity index (χ3v) is 3.77. The van der Waals surface area contributed by atoms with Crippen molar-refractivity contribution in [2.24, 2.45) is 0 Å². The zero-order valence-corrected chi connectivity index (χ0v) is 12.1. The number of carbonyl (C=O) groups is 1. The van der Waals surface area contributed by atoms with E-state index in [0.717, 1.165) is 0 Å². The Morgan fingerprint density at radius 3 is 2.80 bits per heavy atom. The van der Waals surface area contributed by atoms with Gasteiger partial charge >= 0.3 is 0 Å². The molecule has 1 aliphatic rings. The maximum Gasteiger partial charge on any atom is 0.270 e. The van der Waals surface area contributed by atoms with Crippen molar-refractivity contribution in [1.82, 2.24) is 10.2 Å². The molecule has 1 heterocycles. The highest BCUT2D eigenvalue weighted by atomic mass is 35.5. The quantitative estimate of drug-likeness (QED) is 0.670. The maximum atomic E-state index is 12.6. The van der Waals surface area contributed by atoms with E-state index in [2.05, 4.69) is 5.32 Å². The van der Waals surface area contributed by atoms with E-state index in [9.17, 15) is 14.9 Å². The molecule has 0 radical (unpaired) electrons. The Bertz CT molecular complexity index is 560. The molecule has 1 aromatic rings. The summed E-state index contributed by atoms with van der Waals surface area (Å²) in [5, 5.41) is 14.3. The molecule has 0 spiro atoms. The van der Waals surface area contributed by atoms with Crippen molar-refractivity contribution in [3.63, 3.8) is 0 Å². The summed E-state index contributed by atoms with van der Waals surface area (Å²) < 4.78 is 0. The van der Waals surface area contributed by atoms with Gasteiger partial charge in [-0.15, -0.1) is 0 Å². The Balaban J connectivity index is 2.37. The fourth-order valence-electron chi connectivity index (χ4n) is 2.30. The highest BCUT2D eigenvalue weighted by Gasteiger charge is 2.34. The van der Waals surface area contributed by atoms with Crippen molar-refractivity contribution < 1.29 is 9.72 Å². The predicted molar refractivity (Wildman–Crippen MR) is 76.1 cm³/mol. The minimum Gasteiger partial charge on any atom is -0.331 e. The summed E-state index contributed by atoms with van der Waals surface area (Å²) in [6.07, 6.45) is 0. The zero-order chi connectivity index (χ0) is 14.9. The topological polar surface area (TPSA) is 75.5 Å². The number of hydrogen-bond acceptors (Lipinski definition) is 4. The Hall–Kier alpha value is -1.66. The smallest absolute Gasteiger partial charge is 0.270 e. The second-order valence-electron chi connectivity index (χ2n) is 5.37. The number of non-ortho nitro benzene ring substituents is 1. The number of piperazine rings is 1. The van der Waals surface area contributed by atoms with Crippen LogP contribution in [0.1, 0.15) is 24.2 Å². The van der Waals surface area contributed by atoms with E-state index in [0.29, 0.717) is 19.6 Å². The first-order chi connectivity index (χ1) is 9.33. The minimum absolute atomic E-state index is 0.134. The summed E-state index contributed by atoms with van der Waals surface area (Å²) in [5.41, 5.74) is -0.315. The maximum absolute atomic E-state index is 12.6. The first-order valence-electron chi connectivity index (χ1n) is 6.29. The van der Waals surface area contributed by atoms with Crippen LogP contribution in [0.4, 0.5) is 5.69 Å². The molecule has 1 aromatic carbocycles. The third-order valence-electron chi connectivity index (χ3n) is 3.44. The van der Waals surface area contributed by atoms with E-state index in [1.807, 2.05) is 13.8 Å². The van der Waals surface area contributed by atoms with Gasteiger partial charge in [-0.2, -0.15) is 0 Å². The van der Waals surface area contributed by atoms with Gasteiger partial charge in [-0.05, 0) is 19.9 Å². The lowest BCUT2D eigenvalue weighted by Gasteiger charge is -2.42. The molecule has 20 heavy (non-hydrogen) atoms. The molecule has 6 nitrogen and oxygen atoms in total. The van der Waals surface area contributed by atoms with Crippen molar-refractivity contribution in [1.29, 1.82) is 0 Å². The van der Waals surface area contributed by atoms with Crippen LogP contribution in [0.3, 0.4) is 0 Å². The van der Waals surface area contributed by atoms with Crippen molar-refractivity contribution in [3.05, 3.63) is 38.9 Å². The average molecular weight is 298 g/mol. The summed E-state index contributed by atoms with van der Waals surface area (Å²) in [6, 6.07) is 3.92. The van der Waals surface area contributed by atoms with Gasteiger partial charge in [0.05, 0.1) is 21.0 Å². The van der Waals surface area contributed by atoms with Gasteiger partial charge in [0.2, 0.25) is 0 Å². The summed E-state index contributed by atoms with van der Waals surface area (Å²) in [4.78, 5) is 24.6. The molecule has 0 saturated carbocycles. The van der Waals surface area contributed by atoms with E-state index in [1.165, 1.54) is 18.2 Å². The molecule has 1 N–H and O–H groups in total. The van der Waals surface area contributed by atoms with Crippen molar-refractivity contribution in [3.8, 4) is 0 Å². The monoisotopic (exact) mass is 297 g/mol. The molecule has 1 aliphatic heterocycles. The second-order valence-corrected chi connectivity index (χ2v) is 5.77. The Morgan fingerprint density at radius 2 is 2.20 bits per heavy atom. The number of nitro groups is 1. The molecule has 0 aromatic heterocycles. The number of amides is 1. The van der Waals surface area contributed by atoms with Crippen LogP contribution in [0.5, 0.6) is 0 Å². The van der Waals surface area contributed by atoms with Crippen LogP contribution in [0.15, 0.2) is 18.2 Å². The van der Waals surface area contributed by atoms with Gasteiger partial charge in [0.15, 0.2) is 0 Å². The van der Waals surface area contributed by atoms with Gasteiger partial charge in [-0.25, -0.2) is 0 Å². The average Bonchev–Trinajstić information content (AvgIpc) is 2.37. The lowest BCUT2D eigenvalue weighted by atomic mass is 9.98. The van der Waals surface area contributed by atoms with Crippen LogP contribution in [-0.4, -0.2) is 40.9 Å². The molecule has 7 heteroatoms. The first-order valence-corrected chi connectivity index (χ1v) is 6.67. The van der Waals surface area contributed by atoms with Gasteiger partial charge in [0.1, 0.15) is 0 Å². The predicted octanol–water partition coefficient (Wildman–Crippen LogP) is 2.07. The van der Waals surface area contributed by atoms with Crippen molar-refractivity contribution in [2.45, 2.75) is 19.4 Å². The van der Waals surface area contributed by atoms with E-state index in [4.69, 9.17) is 11.6 Å². The number of nitro benzene ring substituents is 1. The number of benzene rings is 1. The van der Waals surface area contributed by atoms with E-state index in [-0.39, 0.29) is 27.7 Å². The molecule has 1 saturated heterocycles. The Kier molecular flexibility index (Phi) is 3.96. The van der Waals surface area contributed by atoms with Crippen LogP contribution >= 0.6 is 11.6 Å². The lowest BCUT2D eigenvalue weighted by Crippen LogP contribution is -2.59. The van der Waals surface area contributed by atoms with Gasteiger partial charge in [-0.1, -0.05) is 11.6 Å². The summed E-state index contributed by atoms with van der Waals surface area (Å²) in [5.74, 6) is -0.273. The highest BCUT2D eigenvalue weighted by Crippen LogP contribution is 2.26. The van der Waals surface area contributed by atoms with Crippen LogP contribution in [0.25, 0.3) is 0 Å². The molecule has 0 unspecified atom stereocenters. The standard InChI is InChI=1S/C13H16ClN3O3/c1-13(2)8-15-5-6-16(13)12(18)10-7-9(17(19)20)3-4-11(10)14/h3-4,7,15H,5-6,8H2,1-2H3. The van der Waals surface area contributed by atoms with Crippen molar-refractivity contribution >= 4 is 23.2 Å². The number of carbonyl (C=O) groups excluding carboxylic acids is 1. The van der Waals surface area contributed by atoms with Gasteiger partial charge in [0, 0.05) is 31.8 Å². The molecule has 1 fully saturated rings. The van der Waals surface area contributed by atoms with E-state index < -0.39 is 4.92 Å². The van der Waals surface area contributed by atoms with Crippen LogP contribution in [0, 0.1) is 10.1 Å². The molecule has 0 bridgehead atoms. The number of halogens is 1. The molecule has 1 amide bonds. The normalized spacial score (nSPS) is 17.9. The minimum atomic E-state index is -0.532. The first kappa shape index (κ1) is 14.7. The van der Waals surface area contributed by atoms with E-state index in [1.54, 1.807) is 4.90 Å². The molecular formula is C13H16ClN3O3. The van der Waals surface area contributed by atoms with Crippen molar-refractivity contribution in [2.75, 3.05) is 19.6 Å². The van der Waals surface area contributed by atoms with Crippen LogP contribution < -0.4 is 5.32 Å². The summed E-state index contributed by atoms with van der Waals surface area (Å²) in [7, 11) is 0. The number of rotatable bonds is 2. The summed E-state index contributed by atoms with van der Waals surface area (Å²) in [6.45, 7) is 5.81. The Morgan fingerprint density at radius 1 is 1.50 bits per heavy atom. The fourth-order valence-corrected chi connectivity index (χ4v) is 2.49. The highest BCUT2D eigenvalue weighted by molar-refractivity contribution is 6.34. The van der Waals surface area contributed by atoms with Gasteiger partial charge in [-0.3, -0.25) is 14.9 Å². The van der Waals surface area contributed by atoms with Gasteiger partial charge < -0.3 is 10.2 Å². The molecule has 108 valence electrons. The molecule has 0 atom stereocenters. The summed E-state index contributed by atoms with van der Waals surface area (Å²) >= 11 is 6.02. The molecular weight excluding hydrogens is 282 g/mol. The Labute approximate surface area is 121 Å². The zero-order valence-electron chi connectivity index (χ0n) is 11.4.